The molecule has 1 aromatic carbocycles. The van der Waals surface area contributed by atoms with Crippen molar-refractivity contribution < 1.29 is 18.7 Å². The Morgan fingerprint density at radius 2 is 2.03 bits per heavy atom. The van der Waals surface area contributed by atoms with Crippen LogP contribution >= 0.6 is 0 Å². The summed E-state index contributed by atoms with van der Waals surface area (Å²) in [5, 5.41) is 3.55. The highest BCUT2D eigenvalue weighted by atomic mass is 19.1. The van der Waals surface area contributed by atoms with Gasteiger partial charge in [0.15, 0.2) is 0 Å². The number of amides is 3. The maximum absolute atomic E-state index is 13.9. The molecule has 2 N–H and O–H groups in total. The molecule has 0 radical (unpaired) electrons. The molecule has 1 aliphatic heterocycles. The third kappa shape index (κ3) is 5.49. The van der Waals surface area contributed by atoms with E-state index in [1.54, 1.807) is 45.4 Å². The first-order valence-corrected chi connectivity index (χ1v) is 10.5. The summed E-state index contributed by atoms with van der Waals surface area (Å²) < 4.78 is 19.3. The molecule has 0 fully saturated rings. The fourth-order valence-corrected chi connectivity index (χ4v) is 3.58. The average molecular weight is 454 g/mol. The Hall–Kier alpha value is -3.88. The number of rotatable bonds is 4. The van der Waals surface area contributed by atoms with Crippen molar-refractivity contribution in [2.24, 2.45) is 0 Å². The highest BCUT2D eigenvalue weighted by Crippen LogP contribution is 2.36. The predicted molar refractivity (Wildman–Crippen MR) is 126 cm³/mol. The van der Waals surface area contributed by atoms with Gasteiger partial charge in [0, 0.05) is 57.1 Å². The Morgan fingerprint density at radius 3 is 2.64 bits per heavy atom. The first-order chi connectivity index (χ1) is 15.9. The summed E-state index contributed by atoms with van der Waals surface area (Å²) in [5.74, 6) is 0.288. The van der Waals surface area contributed by atoms with Crippen molar-refractivity contribution in [2.75, 3.05) is 41.3 Å². The summed E-state index contributed by atoms with van der Waals surface area (Å²) in [4.78, 5) is 32.2. The van der Waals surface area contributed by atoms with Crippen LogP contribution in [0.4, 0.5) is 9.18 Å². The van der Waals surface area contributed by atoms with Crippen LogP contribution < -0.4 is 10.1 Å². The zero-order valence-corrected chi connectivity index (χ0v) is 19.2. The number of hydrogen-bond donors (Lipinski definition) is 2. The molecule has 3 amide bonds. The number of aromatic amines is 1. The molecule has 3 heterocycles. The Labute approximate surface area is 192 Å². The smallest absolute Gasteiger partial charge is 0.317 e. The second-order valence-electron chi connectivity index (χ2n) is 7.70. The van der Waals surface area contributed by atoms with Crippen molar-refractivity contribution >= 4 is 29.0 Å². The van der Waals surface area contributed by atoms with Crippen molar-refractivity contribution in [3.8, 4) is 16.9 Å². The van der Waals surface area contributed by atoms with Crippen LogP contribution in [-0.2, 0) is 4.79 Å². The van der Waals surface area contributed by atoms with E-state index in [1.807, 2.05) is 18.2 Å². The van der Waals surface area contributed by atoms with Crippen molar-refractivity contribution in [2.45, 2.75) is 6.42 Å². The van der Waals surface area contributed by atoms with Gasteiger partial charge in [-0.25, -0.2) is 14.2 Å². The van der Waals surface area contributed by atoms with Gasteiger partial charge >= 0.3 is 6.03 Å². The number of carbonyl (C=O) groups is 2. The molecule has 8 nitrogen and oxygen atoms in total. The van der Waals surface area contributed by atoms with E-state index in [0.29, 0.717) is 24.4 Å². The van der Waals surface area contributed by atoms with Crippen molar-refractivity contribution in [1.29, 1.82) is 0 Å². The molecule has 0 saturated carbocycles. The van der Waals surface area contributed by atoms with Gasteiger partial charge in [0.2, 0.25) is 6.41 Å². The summed E-state index contributed by atoms with van der Waals surface area (Å²) in [7, 11) is 6.58. The molecule has 0 atom stereocenters. The Kier molecular flexibility index (Phi) is 7.66. The van der Waals surface area contributed by atoms with Gasteiger partial charge in [-0.3, -0.25) is 4.79 Å². The molecule has 0 unspecified atom stereocenters. The van der Waals surface area contributed by atoms with Gasteiger partial charge in [0.25, 0.3) is 0 Å². The van der Waals surface area contributed by atoms with Crippen LogP contribution in [0.25, 0.3) is 27.7 Å². The van der Waals surface area contributed by atoms with Crippen LogP contribution in [0, 0.1) is 5.82 Å². The third-order valence-electron chi connectivity index (χ3n) is 5.25. The van der Waals surface area contributed by atoms with Crippen LogP contribution in [0.2, 0.25) is 0 Å². The summed E-state index contributed by atoms with van der Waals surface area (Å²) in [6, 6.07) is 8.30. The van der Waals surface area contributed by atoms with Crippen LogP contribution in [0.15, 0.2) is 42.6 Å². The number of halogens is 1. The molecule has 2 aromatic heterocycles. The standard InChI is InChI=1S/C21H21FN4O2.C3H7NO/c1-23-21(27)26-9-6-13(7-10-26)18-12-17-15(5-8-24-20(17)25-18)16-11-14(22)3-4-19(16)28-2;1-4(2)3-5/h3-6,8,11-12H,7,9-10H2,1-2H3,(H,23,27)(H,24,25);3H,1-2H3. The molecule has 0 aliphatic carbocycles. The van der Waals surface area contributed by atoms with Gasteiger partial charge in [-0.15, -0.1) is 0 Å². The molecule has 4 rings (SSSR count). The number of ether oxygens (including phenoxy) is 1. The zero-order chi connectivity index (χ0) is 24.0. The number of urea groups is 1. The maximum atomic E-state index is 13.9. The van der Waals surface area contributed by atoms with Crippen molar-refractivity contribution in [3.05, 3.63) is 54.1 Å². The number of nitrogens with one attached hydrogen (secondary N) is 2. The van der Waals surface area contributed by atoms with E-state index < -0.39 is 0 Å². The van der Waals surface area contributed by atoms with E-state index in [-0.39, 0.29) is 11.8 Å². The van der Waals surface area contributed by atoms with Gasteiger partial charge in [0.1, 0.15) is 17.2 Å². The number of aromatic nitrogens is 2. The normalized spacial score (nSPS) is 13.0. The summed E-state index contributed by atoms with van der Waals surface area (Å²) in [6.45, 7) is 1.21. The largest absolute Gasteiger partial charge is 0.496 e. The molecule has 1 aliphatic rings. The number of benzene rings is 1. The molecular formula is C24H28FN5O3. The summed E-state index contributed by atoms with van der Waals surface area (Å²) >= 11 is 0. The van der Waals surface area contributed by atoms with Crippen LogP contribution in [0.3, 0.4) is 0 Å². The van der Waals surface area contributed by atoms with Crippen LogP contribution in [0.5, 0.6) is 5.75 Å². The lowest BCUT2D eigenvalue weighted by Gasteiger charge is -2.25. The second kappa shape index (κ2) is 10.6. The molecule has 0 bridgehead atoms. The maximum Gasteiger partial charge on any atom is 0.317 e. The minimum Gasteiger partial charge on any atom is -0.496 e. The lowest BCUT2D eigenvalue weighted by molar-refractivity contribution is -0.115. The highest BCUT2D eigenvalue weighted by molar-refractivity contribution is 5.96. The average Bonchev–Trinajstić information content (AvgIpc) is 3.28. The van der Waals surface area contributed by atoms with Gasteiger partial charge in [-0.1, -0.05) is 6.08 Å². The van der Waals surface area contributed by atoms with E-state index in [2.05, 4.69) is 15.3 Å². The molecule has 9 heteroatoms. The van der Waals surface area contributed by atoms with E-state index in [1.165, 1.54) is 17.0 Å². The van der Waals surface area contributed by atoms with Crippen LogP contribution in [-0.4, -0.2) is 73.6 Å². The number of nitrogens with zero attached hydrogens (tertiary/aromatic N) is 3. The fourth-order valence-electron chi connectivity index (χ4n) is 3.58. The number of methoxy groups -OCH3 is 1. The van der Waals surface area contributed by atoms with E-state index >= 15 is 0 Å². The number of hydrogen-bond acceptors (Lipinski definition) is 4. The highest BCUT2D eigenvalue weighted by Gasteiger charge is 2.19. The number of H-pyrrole nitrogens is 1. The lowest BCUT2D eigenvalue weighted by Crippen LogP contribution is -2.40. The topological polar surface area (TPSA) is 90.6 Å². The van der Waals surface area contributed by atoms with Gasteiger partial charge < -0.3 is 24.8 Å². The monoisotopic (exact) mass is 453 g/mol. The van der Waals surface area contributed by atoms with E-state index in [0.717, 1.165) is 40.7 Å². The predicted octanol–water partition coefficient (Wildman–Crippen LogP) is 3.51. The molecule has 0 spiro atoms. The Bertz CT molecular complexity index is 1170. The molecule has 33 heavy (non-hydrogen) atoms. The Balaban J connectivity index is 0.000000555. The molecule has 0 saturated heterocycles. The third-order valence-corrected chi connectivity index (χ3v) is 5.25. The summed E-state index contributed by atoms with van der Waals surface area (Å²) in [5.41, 5.74) is 4.36. The van der Waals surface area contributed by atoms with Gasteiger partial charge in [-0.05, 0) is 47.9 Å². The minimum atomic E-state index is -0.319. The number of fused-ring (bicyclic) bond motifs is 1. The lowest BCUT2D eigenvalue weighted by atomic mass is 10.0. The molecule has 3 aromatic rings. The quantitative estimate of drug-likeness (QED) is 0.592. The van der Waals surface area contributed by atoms with Crippen molar-refractivity contribution in [3.63, 3.8) is 0 Å². The van der Waals surface area contributed by atoms with E-state index in [4.69, 9.17) is 4.74 Å². The second-order valence-corrected chi connectivity index (χ2v) is 7.70. The van der Waals surface area contributed by atoms with Gasteiger partial charge in [-0.2, -0.15) is 0 Å². The zero-order valence-electron chi connectivity index (χ0n) is 19.2. The van der Waals surface area contributed by atoms with Crippen LogP contribution in [0.1, 0.15) is 12.1 Å². The number of carbonyl (C=O) groups excluding carboxylic acids is 2. The minimum absolute atomic E-state index is 0.0749. The van der Waals surface area contributed by atoms with Gasteiger partial charge in [0.05, 0.1) is 7.11 Å². The first-order valence-electron chi connectivity index (χ1n) is 10.5. The van der Waals surface area contributed by atoms with E-state index in [9.17, 15) is 14.0 Å². The summed E-state index contributed by atoms with van der Waals surface area (Å²) in [6.07, 6.45) is 5.25. The SMILES string of the molecule is CN(C)C=O.CNC(=O)N1CC=C(c2cc3c(-c4cc(F)ccc4OC)ccnc3[nH]2)CC1. The fraction of sp³-hybridized carbons (Fsp3) is 0.292. The molecular weight excluding hydrogens is 425 g/mol. The first kappa shape index (κ1) is 23.8. The molecule has 174 valence electrons. The Morgan fingerprint density at radius 1 is 1.27 bits per heavy atom. The van der Waals surface area contributed by atoms with Crippen molar-refractivity contribution in [1.82, 2.24) is 25.1 Å². The number of pyridine rings is 1.